The standard InChI is InChI=1S/C20H25N5O3/c1-11(2)22-20(27)28-15-5-3-12(8-15)17-9-18(25-24-17)23-14-4-6-16-13(7-14)10-21-19(16)26/h4,6-7,9,11-12,15H,3,5,8,10H2,1-2H3,(H,21,26)(H,22,27)(H2,23,24,25)/t12-,15+/m0/s1. The van der Waals surface area contributed by atoms with Crippen LogP contribution in [-0.4, -0.2) is 34.3 Å². The van der Waals surface area contributed by atoms with Gasteiger partial charge in [0.2, 0.25) is 0 Å². The smallest absolute Gasteiger partial charge is 0.407 e. The average Bonchev–Trinajstić information content (AvgIpc) is 3.35. The molecule has 1 aromatic carbocycles. The molecule has 2 amide bonds. The molecular weight excluding hydrogens is 358 g/mol. The zero-order chi connectivity index (χ0) is 19.7. The van der Waals surface area contributed by atoms with Crippen LogP contribution in [0.4, 0.5) is 16.3 Å². The average molecular weight is 383 g/mol. The molecule has 2 aromatic rings. The van der Waals surface area contributed by atoms with Gasteiger partial charge in [-0.1, -0.05) is 0 Å². The highest BCUT2D eigenvalue weighted by atomic mass is 16.6. The quantitative estimate of drug-likeness (QED) is 0.634. The number of aromatic nitrogens is 2. The second kappa shape index (κ2) is 7.53. The Balaban J connectivity index is 1.35. The van der Waals surface area contributed by atoms with Crippen LogP contribution in [0.5, 0.6) is 0 Å². The van der Waals surface area contributed by atoms with Crippen LogP contribution in [0.3, 0.4) is 0 Å². The van der Waals surface area contributed by atoms with E-state index in [1.54, 1.807) is 0 Å². The molecular formula is C20H25N5O3. The fraction of sp³-hybridized carbons (Fsp3) is 0.450. The summed E-state index contributed by atoms with van der Waals surface area (Å²) in [5, 5.41) is 16.3. The van der Waals surface area contributed by atoms with Crippen molar-refractivity contribution in [3.63, 3.8) is 0 Å². The number of hydrogen-bond donors (Lipinski definition) is 4. The van der Waals surface area contributed by atoms with Crippen molar-refractivity contribution in [2.45, 2.75) is 57.7 Å². The maximum atomic E-state index is 11.8. The molecule has 1 fully saturated rings. The number of aromatic amines is 1. The summed E-state index contributed by atoms with van der Waals surface area (Å²) in [7, 11) is 0. The van der Waals surface area contributed by atoms with Crippen LogP contribution in [0.25, 0.3) is 0 Å². The van der Waals surface area contributed by atoms with Crippen molar-refractivity contribution in [2.75, 3.05) is 5.32 Å². The maximum absolute atomic E-state index is 11.8. The van der Waals surface area contributed by atoms with Crippen LogP contribution in [-0.2, 0) is 11.3 Å². The second-order valence-corrected chi connectivity index (χ2v) is 7.72. The maximum Gasteiger partial charge on any atom is 0.407 e. The fourth-order valence-electron chi connectivity index (χ4n) is 3.81. The van der Waals surface area contributed by atoms with Crippen molar-refractivity contribution in [1.29, 1.82) is 0 Å². The third-order valence-electron chi connectivity index (χ3n) is 5.15. The molecule has 1 aliphatic heterocycles. The number of ether oxygens (including phenoxy) is 1. The van der Waals surface area contributed by atoms with E-state index >= 15 is 0 Å². The molecule has 8 heteroatoms. The fourth-order valence-corrected chi connectivity index (χ4v) is 3.81. The number of benzene rings is 1. The first-order valence-electron chi connectivity index (χ1n) is 9.68. The topological polar surface area (TPSA) is 108 Å². The van der Waals surface area contributed by atoms with E-state index in [2.05, 4.69) is 26.1 Å². The Bertz CT molecular complexity index is 892. The molecule has 148 valence electrons. The van der Waals surface area contributed by atoms with E-state index in [9.17, 15) is 9.59 Å². The van der Waals surface area contributed by atoms with E-state index in [0.29, 0.717) is 6.54 Å². The van der Waals surface area contributed by atoms with E-state index in [1.165, 1.54) is 0 Å². The highest BCUT2D eigenvalue weighted by Gasteiger charge is 2.30. The van der Waals surface area contributed by atoms with Gasteiger partial charge < -0.3 is 20.7 Å². The van der Waals surface area contributed by atoms with Crippen LogP contribution in [0.15, 0.2) is 24.3 Å². The third kappa shape index (κ3) is 3.95. The summed E-state index contributed by atoms with van der Waals surface area (Å²) < 4.78 is 5.49. The molecule has 2 heterocycles. The zero-order valence-corrected chi connectivity index (χ0v) is 16.0. The summed E-state index contributed by atoms with van der Waals surface area (Å²) in [5.41, 5.74) is 3.60. The molecule has 2 aliphatic rings. The molecule has 4 rings (SSSR count). The highest BCUT2D eigenvalue weighted by molar-refractivity contribution is 5.98. The van der Waals surface area contributed by atoms with Gasteiger partial charge in [-0.05, 0) is 56.9 Å². The third-order valence-corrected chi connectivity index (χ3v) is 5.15. The van der Waals surface area contributed by atoms with Crippen LogP contribution in [0, 0.1) is 0 Å². The number of fused-ring (bicyclic) bond motifs is 1. The number of carbonyl (C=O) groups is 2. The van der Waals surface area contributed by atoms with Crippen molar-refractivity contribution in [3.05, 3.63) is 41.1 Å². The van der Waals surface area contributed by atoms with E-state index in [0.717, 1.165) is 47.6 Å². The monoisotopic (exact) mass is 383 g/mol. The Kier molecular flexibility index (Phi) is 4.93. The predicted molar refractivity (Wildman–Crippen MR) is 105 cm³/mol. The van der Waals surface area contributed by atoms with E-state index in [-0.39, 0.29) is 30.1 Å². The first-order chi connectivity index (χ1) is 13.5. The van der Waals surface area contributed by atoms with Crippen molar-refractivity contribution >= 4 is 23.5 Å². The number of rotatable bonds is 5. The van der Waals surface area contributed by atoms with Crippen LogP contribution < -0.4 is 16.0 Å². The molecule has 2 atom stereocenters. The first kappa shape index (κ1) is 18.3. The first-order valence-corrected chi connectivity index (χ1v) is 9.68. The molecule has 0 unspecified atom stereocenters. The molecule has 0 spiro atoms. The van der Waals surface area contributed by atoms with Crippen molar-refractivity contribution in [1.82, 2.24) is 20.8 Å². The zero-order valence-electron chi connectivity index (χ0n) is 16.0. The van der Waals surface area contributed by atoms with E-state index in [4.69, 9.17) is 4.74 Å². The molecule has 4 N–H and O–H groups in total. The van der Waals surface area contributed by atoms with Gasteiger partial charge in [0.1, 0.15) is 11.9 Å². The number of H-pyrrole nitrogens is 1. The summed E-state index contributed by atoms with van der Waals surface area (Å²) >= 11 is 0. The molecule has 0 bridgehead atoms. The number of nitrogens with one attached hydrogen (secondary N) is 4. The summed E-state index contributed by atoms with van der Waals surface area (Å²) in [5.74, 6) is 1.05. The largest absolute Gasteiger partial charge is 0.446 e. The predicted octanol–water partition coefficient (Wildman–Crippen LogP) is 3.17. The van der Waals surface area contributed by atoms with Crippen molar-refractivity contribution < 1.29 is 14.3 Å². The van der Waals surface area contributed by atoms with Gasteiger partial charge >= 0.3 is 6.09 Å². The molecule has 1 aromatic heterocycles. The van der Waals surface area contributed by atoms with Gasteiger partial charge in [-0.3, -0.25) is 9.89 Å². The molecule has 8 nitrogen and oxygen atoms in total. The summed E-state index contributed by atoms with van der Waals surface area (Å²) in [6, 6.07) is 7.76. The van der Waals surface area contributed by atoms with E-state index < -0.39 is 0 Å². The number of hydrogen-bond acceptors (Lipinski definition) is 5. The Morgan fingerprint density at radius 1 is 1.29 bits per heavy atom. The number of carbonyl (C=O) groups excluding carboxylic acids is 2. The van der Waals surface area contributed by atoms with Gasteiger partial charge in [-0.2, -0.15) is 5.10 Å². The second-order valence-electron chi connectivity index (χ2n) is 7.72. The summed E-state index contributed by atoms with van der Waals surface area (Å²) in [6.07, 6.45) is 2.14. The number of anilines is 2. The van der Waals surface area contributed by atoms with E-state index in [1.807, 2.05) is 38.1 Å². The minimum atomic E-state index is -0.352. The van der Waals surface area contributed by atoms with Gasteiger partial charge in [0.25, 0.3) is 5.91 Å². The normalized spacial score (nSPS) is 20.8. The van der Waals surface area contributed by atoms with Gasteiger partial charge in [0.05, 0.1) is 5.69 Å². The van der Waals surface area contributed by atoms with Gasteiger partial charge in [-0.25, -0.2) is 4.79 Å². The van der Waals surface area contributed by atoms with Crippen LogP contribution >= 0.6 is 0 Å². The summed E-state index contributed by atoms with van der Waals surface area (Å²) in [6.45, 7) is 4.38. The Morgan fingerprint density at radius 2 is 2.14 bits per heavy atom. The van der Waals surface area contributed by atoms with Gasteiger partial charge in [0, 0.05) is 35.8 Å². The van der Waals surface area contributed by atoms with Gasteiger partial charge in [0.15, 0.2) is 0 Å². The SMILES string of the molecule is CC(C)NC(=O)O[C@@H]1CC[C@H](c2cc(Nc3ccc4c(c3)CNC4=O)[nH]n2)C1. The van der Waals surface area contributed by atoms with Crippen molar-refractivity contribution in [2.24, 2.45) is 0 Å². The van der Waals surface area contributed by atoms with Crippen LogP contribution in [0.1, 0.15) is 60.6 Å². The lowest BCUT2D eigenvalue weighted by Gasteiger charge is -2.14. The van der Waals surface area contributed by atoms with Crippen molar-refractivity contribution in [3.8, 4) is 0 Å². The number of nitrogens with zero attached hydrogens (tertiary/aromatic N) is 1. The molecule has 28 heavy (non-hydrogen) atoms. The lowest BCUT2D eigenvalue weighted by molar-refractivity contribution is 0.0962. The van der Waals surface area contributed by atoms with Crippen LogP contribution in [0.2, 0.25) is 0 Å². The minimum absolute atomic E-state index is 0.0227. The number of amides is 2. The van der Waals surface area contributed by atoms with Gasteiger partial charge in [-0.15, -0.1) is 0 Å². The Hall–Kier alpha value is -3.03. The highest BCUT2D eigenvalue weighted by Crippen LogP contribution is 2.36. The minimum Gasteiger partial charge on any atom is -0.446 e. The molecule has 1 aliphatic carbocycles. The lowest BCUT2D eigenvalue weighted by atomic mass is 10.0. The number of alkyl carbamates (subject to hydrolysis) is 1. The Morgan fingerprint density at radius 3 is 2.96 bits per heavy atom. The molecule has 0 radical (unpaired) electrons. The summed E-state index contributed by atoms with van der Waals surface area (Å²) in [4.78, 5) is 23.4. The lowest BCUT2D eigenvalue weighted by Crippen LogP contribution is -2.33. The molecule has 0 saturated heterocycles. The Labute approximate surface area is 163 Å². The molecule has 1 saturated carbocycles.